The van der Waals surface area contributed by atoms with Crippen LogP contribution in [0.15, 0.2) is 76.2 Å². The normalized spacial score (nSPS) is 10.8. The van der Waals surface area contributed by atoms with E-state index < -0.39 is 11.4 Å². The van der Waals surface area contributed by atoms with Crippen molar-refractivity contribution >= 4 is 28.5 Å². The molecular weight excluding hydrogens is 378 g/mol. The lowest BCUT2D eigenvalue weighted by Crippen LogP contribution is -2.16. The Bertz CT molecular complexity index is 1230. The van der Waals surface area contributed by atoms with Gasteiger partial charge < -0.3 is 9.15 Å². The summed E-state index contributed by atoms with van der Waals surface area (Å²) in [5.41, 5.74) is 1.79. The van der Waals surface area contributed by atoms with Gasteiger partial charge in [0.2, 0.25) is 11.2 Å². The van der Waals surface area contributed by atoms with Gasteiger partial charge in [0.05, 0.1) is 10.9 Å². The molecule has 6 heteroatoms. The van der Waals surface area contributed by atoms with Crippen LogP contribution in [0.4, 0.5) is 0 Å². The molecular formula is C22H14ClNO4. The molecule has 0 saturated carbocycles. The molecule has 0 unspecified atom stereocenters. The van der Waals surface area contributed by atoms with Crippen LogP contribution in [0.3, 0.4) is 0 Å². The lowest BCUT2D eigenvalue weighted by molar-refractivity contribution is 0.0731. The Morgan fingerprint density at radius 2 is 1.75 bits per heavy atom. The molecule has 0 fully saturated rings. The van der Waals surface area contributed by atoms with Crippen molar-refractivity contribution in [2.24, 2.45) is 0 Å². The second-order valence-electron chi connectivity index (χ2n) is 6.22. The predicted octanol–water partition coefficient (Wildman–Crippen LogP) is 5.04. The van der Waals surface area contributed by atoms with Gasteiger partial charge in [-0.25, -0.2) is 4.79 Å². The van der Waals surface area contributed by atoms with E-state index in [0.29, 0.717) is 21.6 Å². The number of pyridine rings is 1. The van der Waals surface area contributed by atoms with Gasteiger partial charge in [-0.2, -0.15) is 0 Å². The lowest BCUT2D eigenvalue weighted by Gasteiger charge is -2.11. The number of hydrogen-bond donors (Lipinski definition) is 0. The number of aryl methyl sites for hydroxylation is 1. The fourth-order valence-electron chi connectivity index (χ4n) is 2.81. The van der Waals surface area contributed by atoms with Gasteiger partial charge in [0.1, 0.15) is 5.58 Å². The number of carbonyl (C=O) groups excluding carboxylic acids is 1. The second-order valence-corrected chi connectivity index (χ2v) is 6.66. The molecule has 28 heavy (non-hydrogen) atoms. The minimum absolute atomic E-state index is 0.166. The van der Waals surface area contributed by atoms with Gasteiger partial charge in [0.25, 0.3) is 0 Å². The molecule has 2 aromatic heterocycles. The quantitative estimate of drug-likeness (QED) is 0.458. The molecule has 4 rings (SSSR count). The van der Waals surface area contributed by atoms with E-state index in [4.69, 9.17) is 20.8 Å². The molecule has 2 heterocycles. The van der Waals surface area contributed by atoms with E-state index in [0.717, 1.165) is 5.56 Å². The van der Waals surface area contributed by atoms with Crippen molar-refractivity contribution in [3.05, 3.63) is 93.4 Å². The van der Waals surface area contributed by atoms with E-state index in [1.54, 1.807) is 42.5 Å². The first-order chi connectivity index (χ1) is 13.5. The maximum absolute atomic E-state index is 13.1. The molecule has 0 saturated heterocycles. The second kappa shape index (κ2) is 7.29. The number of rotatable bonds is 3. The number of esters is 1. The molecule has 0 amide bonds. The fourth-order valence-corrected chi connectivity index (χ4v) is 2.93. The highest BCUT2D eigenvalue weighted by Crippen LogP contribution is 2.32. The number of fused-ring (bicyclic) bond motifs is 1. The van der Waals surface area contributed by atoms with Crippen LogP contribution in [-0.2, 0) is 0 Å². The Hall–Kier alpha value is -3.44. The summed E-state index contributed by atoms with van der Waals surface area (Å²) in [6.07, 6.45) is 2.95. The molecule has 0 aliphatic heterocycles. The van der Waals surface area contributed by atoms with Crippen LogP contribution in [0.5, 0.6) is 5.75 Å². The zero-order valence-corrected chi connectivity index (χ0v) is 15.6. The third-order valence-electron chi connectivity index (χ3n) is 4.22. The first-order valence-electron chi connectivity index (χ1n) is 8.48. The topological polar surface area (TPSA) is 69.4 Å². The summed E-state index contributed by atoms with van der Waals surface area (Å²) < 4.78 is 11.5. The molecule has 0 radical (unpaired) electrons. The van der Waals surface area contributed by atoms with Crippen molar-refractivity contribution in [3.8, 4) is 17.1 Å². The maximum atomic E-state index is 13.1. The Morgan fingerprint density at radius 3 is 2.46 bits per heavy atom. The zero-order chi connectivity index (χ0) is 19.7. The minimum atomic E-state index is -0.670. The van der Waals surface area contributed by atoms with E-state index in [-0.39, 0.29) is 17.1 Å². The number of benzene rings is 2. The fraction of sp³-hybridized carbons (Fsp3) is 0.0455. The van der Waals surface area contributed by atoms with Crippen LogP contribution < -0.4 is 10.2 Å². The van der Waals surface area contributed by atoms with Crippen LogP contribution >= 0.6 is 11.6 Å². The van der Waals surface area contributed by atoms with E-state index in [1.807, 2.05) is 6.92 Å². The number of nitrogens with zero attached hydrogens (tertiary/aromatic N) is 1. The summed E-state index contributed by atoms with van der Waals surface area (Å²) in [4.78, 5) is 29.5. The van der Waals surface area contributed by atoms with Crippen LogP contribution in [0, 0.1) is 6.92 Å². The maximum Gasteiger partial charge on any atom is 0.343 e. The summed E-state index contributed by atoms with van der Waals surface area (Å²) in [6, 6.07) is 15.0. The molecule has 0 spiro atoms. The summed E-state index contributed by atoms with van der Waals surface area (Å²) in [5.74, 6) is -0.668. The number of aromatic nitrogens is 1. The highest BCUT2D eigenvalue weighted by molar-refractivity contribution is 6.30. The molecule has 4 aromatic rings. The van der Waals surface area contributed by atoms with Gasteiger partial charge in [-0.3, -0.25) is 9.78 Å². The minimum Gasteiger partial charge on any atom is -0.452 e. The Morgan fingerprint density at radius 1 is 1.04 bits per heavy atom. The lowest BCUT2D eigenvalue weighted by atomic mass is 10.1. The summed E-state index contributed by atoms with van der Waals surface area (Å²) in [6.45, 7) is 1.90. The summed E-state index contributed by atoms with van der Waals surface area (Å²) in [7, 11) is 0. The van der Waals surface area contributed by atoms with Crippen molar-refractivity contribution in [2.75, 3.05) is 0 Å². The van der Waals surface area contributed by atoms with Crippen LogP contribution in [0.2, 0.25) is 5.02 Å². The third-order valence-corrected chi connectivity index (χ3v) is 4.48. The van der Waals surface area contributed by atoms with E-state index in [9.17, 15) is 9.59 Å². The molecule has 0 bridgehead atoms. The highest BCUT2D eigenvalue weighted by Gasteiger charge is 2.21. The van der Waals surface area contributed by atoms with Gasteiger partial charge in [-0.15, -0.1) is 0 Å². The molecule has 0 atom stereocenters. The van der Waals surface area contributed by atoms with Gasteiger partial charge >= 0.3 is 5.97 Å². The van der Waals surface area contributed by atoms with Crippen LogP contribution in [0.25, 0.3) is 22.3 Å². The third kappa shape index (κ3) is 3.40. The molecule has 2 aromatic carbocycles. The number of halogens is 1. The van der Waals surface area contributed by atoms with E-state index in [2.05, 4.69) is 4.98 Å². The smallest absolute Gasteiger partial charge is 0.343 e. The highest BCUT2D eigenvalue weighted by atomic mass is 35.5. The van der Waals surface area contributed by atoms with Crippen molar-refractivity contribution < 1.29 is 13.9 Å². The standard InChI is InChI=1S/C22H14ClNO4/c1-13-2-7-17-18(12-13)27-20(14-3-5-16(23)6-4-14)21(19(17)25)28-22(26)15-8-10-24-11-9-15/h2-12H,1H3. The summed E-state index contributed by atoms with van der Waals surface area (Å²) >= 11 is 5.97. The van der Waals surface area contributed by atoms with Crippen molar-refractivity contribution in [1.29, 1.82) is 0 Å². The Kier molecular flexibility index (Phi) is 4.67. The van der Waals surface area contributed by atoms with Crippen LogP contribution in [0.1, 0.15) is 15.9 Å². The van der Waals surface area contributed by atoms with E-state index in [1.165, 1.54) is 24.5 Å². The van der Waals surface area contributed by atoms with Gasteiger partial charge in [-0.05, 0) is 61.0 Å². The predicted molar refractivity (Wildman–Crippen MR) is 107 cm³/mol. The van der Waals surface area contributed by atoms with Crippen LogP contribution in [-0.4, -0.2) is 11.0 Å². The number of ether oxygens (including phenoxy) is 1. The average Bonchev–Trinajstić information content (AvgIpc) is 2.71. The summed E-state index contributed by atoms with van der Waals surface area (Å²) in [5, 5.41) is 0.874. The Balaban J connectivity index is 1.92. The molecule has 0 aliphatic carbocycles. The molecule has 0 aliphatic rings. The van der Waals surface area contributed by atoms with Gasteiger partial charge in [0.15, 0.2) is 5.76 Å². The largest absolute Gasteiger partial charge is 0.452 e. The molecule has 5 nitrogen and oxygen atoms in total. The number of hydrogen-bond acceptors (Lipinski definition) is 5. The first-order valence-corrected chi connectivity index (χ1v) is 8.86. The van der Waals surface area contributed by atoms with Gasteiger partial charge in [0, 0.05) is 23.0 Å². The first kappa shape index (κ1) is 17.9. The van der Waals surface area contributed by atoms with Crippen molar-refractivity contribution in [1.82, 2.24) is 4.98 Å². The van der Waals surface area contributed by atoms with Crippen molar-refractivity contribution in [3.63, 3.8) is 0 Å². The zero-order valence-electron chi connectivity index (χ0n) is 14.8. The van der Waals surface area contributed by atoms with Crippen molar-refractivity contribution in [2.45, 2.75) is 6.92 Å². The van der Waals surface area contributed by atoms with E-state index >= 15 is 0 Å². The number of carbonyl (C=O) groups is 1. The Labute approximate surface area is 165 Å². The van der Waals surface area contributed by atoms with Gasteiger partial charge in [-0.1, -0.05) is 17.7 Å². The monoisotopic (exact) mass is 391 g/mol. The SMILES string of the molecule is Cc1ccc2c(=O)c(OC(=O)c3ccncc3)c(-c3ccc(Cl)cc3)oc2c1. The molecule has 0 N–H and O–H groups in total. The molecule has 138 valence electrons. The average molecular weight is 392 g/mol.